The van der Waals surface area contributed by atoms with Crippen molar-refractivity contribution in [1.82, 2.24) is 9.38 Å². The van der Waals surface area contributed by atoms with E-state index >= 15 is 0 Å². The lowest BCUT2D eigenvalue weighted by Gasteiger charge is -2.12. The number of nitrogens with two attached hydrogens (primary N) is 1. The molecule has 3 heterocycles. The van der Waals surface area contributed by atoms with Gasteiger partial charge in [-0.15, -0.1) is 0 Å². The second-order valence-electron chi connectivity index (χ2n) is 5.48. The quantitative estimate of drug-likeness (QED) is 0.700. The third-order valence-corrected chi connectivity index (χ3v) is 3.84. The highest BCUT2D eigenvalue weighted by atomic mass is 16.1. The second-order valence-corrected chi connectivity index (χ2v) is 5.48. The molecule has 1 atom stereocenters. The molecule has 0 saturated carbocycles. The van der Waals surface area contributed by atoms with Crippen molar-refractivity contribution in [3.05, 3.63) is 46.4 Å². The van der Waals surface area contributed by atoms with Crippen LogP contribution in [0.25, 0.3) is 16.7 Å². The van der Waals surface area contributed by atoms with Gasteiger partial charge in [0.05, 0.1) is 11.8 Å². The largest absolute Gasteiger partial charge is 0.365 e. The van der Waals surface area contributed by atoms with Crippen molar-refractivity contribution in [2.24, 2.45) is 5.73 Å². The Kier molecular flexibility index (Phi) is 3.69. The molecule has 0 aliphatic heterocycles. The molecule has 3 aromatic heterocycles. The van der Waals surface area contributed by atoms with Gasteiger partial charge in [0.2, 0.25) is 11.5 Å². The number of anilines is 1. The van der Waals surface area contributed by atoms with E-state index in [0.717, 1.165) is 6.42 Å². The number of hydrogen-bond acceptors (Lipinski definition) is 4. The van der Waals surface area contributed by atoms with Gasteiger partial charge in [-0.2, -0.15) is 4.40 Å². The lowest BCUT2D eigenvalue weighted by molar-refractivity contribution is -0.319. The van der Waals surface area contributed by atoms with Gasteiger partial charge in [0.15, 0.2) is 0 Å². The van der Waals surface area contributed by atoms with E-state index in [1.54, 1.807) is 18.3 Å². The summed E-state index contributed by atoms with van der Waals surface area (Å²) in [6, 6.07) is 6.99. The summed E-state index contributed by atoms with van der Waals surface area (Å²) in [7, 11) is 0. The Bertz CT molecular complexity index is 964. The summed E-state index contributed by atoms with van der Waals surface area (Å²) in [4.78, 5) is 31.8. The molecule has 118 valence electrons. The third kappa shape index (κ3) is 2.61. The molecule has 0 saturated heterocycles. The van der Waals surface area contributed by atoms with Crippen molar-refractivity contribution >= 4 is 28.4 Å². The van der Waals surface area contributed by atoms with Crippen LogP contribution in [0.3, 0.4) is 0 Å². The van der Waals surface area contributed by atoms with Crippen molar-refractivity contribution in [1.29, 1.82) is 0 Å². The summed E-state index contributed by atoms with van der Waals surface area (Å²) >= 11 is 0. The molecule has 0 fully saturated rings. The molecule has 0 aromatic carbocycles. The van der Waals surface area contributed by atoms with Crippen LogP contribution in [0.1, 0.15) is 30.6 Å². The van der Waals surface area contributed by atoms with Gasteiger partial charge in [-0.1, -0.05) is 18.0 Å². The molecule has 0 aliphatic carbocycles. The predicted molar refractivity (Wildman–Crippen MR) is 87.4 cm³/mol. The van der Waals surface area contributed by atoms with Crippen molar-refractivity contribution in [3.8, 4) is 0 Å². The smallest absolute Gasteiger partial charge is 0.325 e. The van der Waals surface area contributed by atoms with Crippen LogP contribution in [0.2, 0.25) is 0 Å². The number of amides is 1. The Morgan fingerprint density at radius 3 is 2.96 bits per heavy atom. The molecular weight excluding hydrogens is 294 g/mol. The summed E-state index contributed by atoms with van der Waals surface area (Å²) in [6.07, 6.45) is 2.52. The fourth-order valence-electron chi connectivity index (χ4n) is 2.38. The fourth-order valence-corrected chi connectivity index (χ4v) is 2.38. The van der Waals surface area contributed by atoms with Crippen LogP contribution in [0, 0.1) is 0 Å². The molecule has 23 heavy (non-hydrogen) atoms. The average Bonchev–Trinajstić information content (AvgIpc) is 2.54. The number of hydrogen-bond donors (Lipinski definition) is 2. The van der Waals surface area contributed by atoms with Gasteiger partial charge >= 0.3 is 5.56 Å². The first-order valence-corrected chi connectivity index (χ1v) is 7.45. The van der Waals surface area contributed by atoms with Crippen LogP contribution in [0.5, 0.6) is 0 Å². The summed E-state index contributed by atoms with van der Waals surface area (Å²) in [5.74, 6) is -0.238. The van der Waals surface area contributed by atoms with Crippen LogP contribution in [0.15, 0.2) is 35.3 Å². The monoisotopic (exact) mass is 312 g/mol. The SMILES string of the molecule is CC[C@@H](C)Nc1nc2[nH+]c3ccccn3c(=O)c2cc1C(N)=O. The van der Waals surface area contributed by atoms with Crippen molar-refractivity contribution in [2.45, 2.75) is 26.3 Å². The normalized spacial score (nSPS) is 12.4. The number of fused-ring (bicyclic) bond motifs is 2. The van der Waals surface area contributed by atoms with Gasteiger partial charge < -0.3 is 11.1 Å². The van der Waals surface area contributed by atoms with E-state index in [1.807, 2.05) is 19.9 Å². The van der Waals surface area contributed by atoms with Gasteiger partial charge in [0.25, 0.3) is 11.6 Å². The number of pyridine rings is 2. The first-order valence-electron chi connectivity index (χ1n) is 7.45. The highest BCUT2D eigenvalue weighted by molar-refractivity contribution is 6.00. The number of rotatable bonds is 4. The standard InChI is InChI=1S/C16H17N5O2/c1-3-9(2)18-14-10(13(17)22)8-11-15(20-14)19-12-6-4-5-7-21(12)16(11)23/h4-9H,3H2,1-2H3,(H2,17,22)(H,18,20)/p+1/t9-/m1/s1. The molecule has 3 aromatic rings. The zero-order chi connectivity index (χ0) is 16.6. The average molecular weight is 312 g/mol. The molecule has 0 unspecified atom stereocenters. The number of primary amides is 1. The highest BCUT2D eigenvalue weighted by Gasteiger charge is 2.21. The topological polar surface area (TPSA) is 104 Å². The van der Waals surface area contributed by atoms with Crippen LogP contribution < -0.4 is 21.6 Å². The Hall–Kier alpha value is -2.96. The first kappa shape index (κ1) is 15.0. The minimum absolute atomic E-state index is 0.125. The Balaban J connectivity index is 2.33. The number of H-pyrrole nitrogens is 1. The maximum absolute atomic E-state index is 12.6. The molecular formula is C16H18N5O2+. The number of aromatic nitrogens is 3. The molecule has 0 spiro atoms. The fraction of sp³-hybridized carbons (Fsp3) is 0.250. The van der Waals surface area contributed by atoms with Crippen LogP contribution in [-0.4, -0.2) is 21.3 Å². The van der Waals surface area contributed by atoms with Crippen LogP contribution in [-0.2, 0) is 0 Å². The maximum atomic E-state index is 12.6. The molecule has 0 bridgehead atoms. The third-order valence-electron chi connectivity index (χ3n) is 3.84. The Labute approximate surface area is 132 Å². The van der Waals surface area contributed by atoms with Gasteiger partial charge in [-0.3, -0.25) is 4.79 Å². The summed E-state index contributed by atoms with van der Waals surface area (Å²) in [5, 5.41) is 3.48. The maximum Gasteiger partial charge on any atom is 0.325 e. The summed E-state index contributed by atoms with van der Waals surface area (Å²) < 4.78 is 1.47. The molecule has 0 radical (unpaired) electrons. The molecule has 7 heteroatoms. The number of nitrogens with one attached hydrogen (secondary N) is 2. The minimum Gasteiger partial charge on any atom is -0.365 e. The van der Waals surface area contributed by atoms with E-state index < -0.39 is 5.91 Å². The molecule has 4 N–H and O–H groups in total. The van der Waals surface area contributed by atoms with E-state index in [0.29, 0.717) is 22.5 Å². The zero-order valence-corrected chi connectivity index (χ0v) is 13.0. The van der Waals surface area contributed by atoms with Crippen LogP contribution in [0.4, 0.5) is 5.82 Å². The van der Waals surface area contributed by atoms with Gasteiger partial charge in [-0.25, -0.2) is 9.78 Å². The molecule has 1 amide bonds. The van der Waals surface area contributed by atoms with Crippen molar-refractivity contribution in [3.63, 3.8) is 0 Å². The Morgan fingerprint density at radius 2 is 2.26 bits per heavy atom. The number of nitrogens with zero attached hydrogens (tertiary/aromatic N) is 2. The van der Waals surface area contributed by atoms with E-state index in [-0.39, 0.29) is 17.2 Å². The lowest BCUT2D eigenvalue weighted by Crippen LogP contribution is -2.26. The van der Waals surface area contributed by atoms with E-state index in [9.17, 15) is 9.59 Å². The van der Waals surface area contributed by atoms with Crippen molar-refractivity contribution in [2.75, 3.05) is 5.32 Å². The number of carbonyl (C=O) groups excluding carboxylic acids is 1. The molecule has 0 aliphatic rings. The predicted octanol–water partition coefficient (Wildman–Crippen LogP) is 0.971. The minimum atomic E-state index is -0.622. The van der Waals surface area contributed by atoms with E-state index in [1.165, 1.54) is 10.5 Å². The number of aromatic amines is 1. The highest BCUT2D eigenvalue weighted by Crippen LogP contribution is 2.17. The van der Waals surface area contributed by atoms with Gasteiger partial charge in [-0.05, 0) is 25.5 Å². The zero-order valence-electron chi connectivity index (χ0n) is 13.0. The van der Waals surface area contributed by atoms with E-state index in [4.69, 9.17) is 5.73 Å². The second kappa shape index (κ2) is 5.68. The van der Waals surface area contributed by atoms with Crippen molar-refractivity contribution < 1.29 is 9.78 Å². The summed E-state index contributed by atoms with van der Waals surface area (Å²) in [5.41, 5.74) is 6.44. The molecule has 3 rings (SSSR count). The van der Waals surface area contributed by atoms with E-state index in [2.05, 4.69) is 15.3 Å². The van der Waals surface area contributed by atoms with Gasteiger partial charge in [0, 0.05) is 12.1 Å². The number of carbonyl (C=O) groups is 1. The van der Waals surface area contributed by atoms with Gasteiger partial charge in [0.1, 0.15) is 5.39 Å². The summed E-state index contributed by atoms with van der Waals surface area (Å²) in [6.45, 7) is 4.00. The first-order chi connectivity index (χ1) is 11.0. The lowest BCUT2D eigenvalue weighted by atomic mass is 10.1. The Morgan fingerprint density at radius 1 is 1.48 bits per heavy atom. The van der Waals surface area contributed by atoms with Crippen LogP contribution >= 0.6 is 0 Å². The molecule has 7 nitrogen and oxygen atoms in total.